The minimum Gasteiger partial charge on any atom is -0.338 e. The monoisotopic (exact) mass is 255 g/mol. The van der Waals surface area contributed by atoms with E-state index in [2.05, 4.69) is 11.8 Å². The van der Waals surface area contributed by atoms with Gasteiger partial charge in [0, 0.05) is 24.4 Å². The Bertz CT molecular complexity index is 319. The molecule has 3 aliphatic rings. The Morgan fingerprint density at radius 2 is 2.12 bits per heavy atom. The minimum absolute atomic E-state index is 0.295. The molecule has 0 aromatic heterocycles. The molecule has 2 saturated carbocycles. The number of hydrogen-bond acceptors (Lipinski definition) is 1. The van der Waals surface area contributed by atoms with Crippen molar-refractivity contribution in [1.29, 1.82) is 0 Å². The first-order chi connectivity index (χ1) is 8.20. The van der Waals surface area contributed by atoms with Crippen LogP contribution in [0.5, 0.6) is 0 Å². The SMILES string of the molecule is CC1CCN(C(=O)C2CC3CCC2C3)C1CCl. The number of hydrogen-bond donors (Lipinski definition) is 0. The number of carbonyl (C=O) groups is 1. The van der Waals surface area contributed by atoms with Crippen LogP contribution in [0.4, 0.5) is 0 Å². The summed E-state index contributed by atoms with van der Waals surface area (Å²) in [5.74, 6) is 3.49. The van der Waals surface area contributed by atoms with Gasteiger partial charge in [-0.3, -0.25) is 4.79 Å². The van der Waals surface area contributed by atoms with Gasteiger partial charge in [0.15, 0.2) is 0 Å². The summed E-state index contributed by atoms with van der Waals surface area (Å²) in [6.07, 6.45) is 6.25. The second-order valence-corrected chi connectivity index (χ2v) is 6.61. The fraction of sp³-hybridized carbons (Fsp3) is 0.929. The number of fused-ring (bicyclic) bond motifs is 2. The second-order valence-electron chi connectivity index (χ2n) is 6.30. The average molecular weight is 256 g/mol. The molecule has 1 aliphatic heterocycles. The first-order valence-electron chi connectivity index (χ1n) is 7.07. The van der Waals surface area contributed by atoms with Crippen molar-refractivity contribution < 1.29 is 4.79 Å². The molecule has 2 aliphatic carbocycles. The predicted molar refractivity (Wildman–Crippen MR) is 68.9 cm³/mol. The summed E-state index contributed by atoms with van der Waals surface area (Å²) in [6.45, 7) is 3.16. The molecule has 0 aromatic rings. The van der Waals surface area contributed by atoms with Gasteiger partial charge in [0.1, 0.15) is 0 Å². The topological polar surface area (TPSA) is 20.3 Å². The Labute approximate surface area is 109 Å². The minimum atomic E-state index is 0.295. The predicted octanol–water partition coefficient (Wildman–Crippen LogP) is 2.90. The lowest BCUT2D eigenvalue weighted by atomic mass is 9.87. The maximum Gasteiger partial charge on any atom is 0.226 e. The van der Waals surface area contributed by atoms with Crippen LogP contribution in [0.25, 0.3) is 0 Å². The number of carbonyl (C=O) groups excluding carboxylic acids is 1. The first kappa shape index (κ1) is 11.8. The Morgan fingerprint density at radius 1 is 1.29 bits per heavy atom. The smallest absolute Gasteiger partial charge is 0.226 e. The van der Waals surface area contributed by atoms with Crippen LogP contribution >= 0.6 is 11.6 Å². The van der Waals surface area contributed by atoms with Gasteiger partial charge in [0.05, 0.1) is 0 Å². The lowest BCUT2D eigenvalue weighted by Gasteiger charge is -2.31. The van der Waals surface area contributed by atoms with Crippen molar-refractivity contribution in [1.82, 2.24) is 4.90 Å². The van der Waals surface area contributed by atoms with E-state index in [0.29, 0.717) is 35.6 Å². The zero-order valence-electron chi connectivity index (χ0n) is 10.6. The largest absolute Gasteiger partial charge is 0.338 e. The third-order valence-electron chi connectivity index (χ3n) is 5.38. The molecule has 3 heteroatoms. The molecular weight excluding hydrogens is 234 g/mol. The lowest BCUT2D eigenvalue weighted by Crippen LogP contribution is -2.43. The standard InChI is InChI=1S/C14H22ClNO/c1-9-4-5-16(13(9)8-15)14(17)12-7-10-2-3-11(12)6-10/h9-13H,2-8H2,1H3. The number of alkyl halides is 1. The van der Waals surface area contributed by atoms with Gasteiger partial charge in [0.2, 0.25) is 5.91 Å². The van der Waals surface area contributed by atoms with Crippen molar-refractivity contribution in [3.05, 3.63) is 0 Å². The Balaban J connectivity index is 1.70. The Kier molecular flexibility index (Phi) is 3.10. The molecule has 17 heavy (non-hydrogen) atoms. The van der Waals surface area contributed by atoms with Crippen molar-refractivity contribution in [2.24, 2.45) is 23.7 Å². The van der Waals surface area contributed by atoms with Crippen molar-refractivity contribution in [2.45, 2.75) is 45.1 Å². The third-order valence-corrected chi connectivity index (χ3v) is 5.70. The number of likely N-dealkylation sites (tertiary alicyclic amines) is 1. The molecule has 0 N–H and O–H groups in total. The van der Waals surface area contributed by atoms with E-state index in [0.717, 1.165) is 25.3 Å². The van der Waals surface area contributed by atoms with E-state index in [-0.39, 0.29) is 0 Å². The van der Waals surface area contributed by atoms with Crippen molar-refractivity contribution in [3.63, 3.8) is 0 Å². The molecule has 2 nitrogen and oxygen atoms in total. The summed E-state index contributed by atoms with van der Waals surface area (Å²) in [5, 5.41) is 0. The number of halogens is 1. The molecule has 1 amide bonds. The Morgan fingerprint density at radius 3 is 2.71 bits per heavy atom. The van der Waals surface area contributed by atoms with E-state index < -0.39 is 0 Å². The highest BCUT2D eigenvalue weighted by molar-refractivity contribution is 6.18. The highest BCUT2D eigenvalue weighted by atomic mass is 35.5. The molecule has 0 spiro atoms. The van der Waals surface area contributed by atoms with Gasteiger partial charge in [-0.05, 0) is 43.4 Å². The summed E-state index contributed by atoms with van der Waals surface area (Å²) in [5.41, 5.74) is 0. The second kappa shape index (κ2) is 4.46. The van der Waals surface area contributed by atoms with E-state index in [1.165, 1.54) is 19.3 Å². The van der Waals surface area contributed by atoms with Gasteiger partial charge in [0.25, 0.3) is 0 Å². The van der Waals surface area contributed by atoms with Gasteiger partial charge >= 0.3 is 0 Å². The van der Waals surface area contributed by atoms with Gasteiger partial charge in [-0.2, -0.15) is 0 Å². The fourth-order valence-electron chi connectivity index (χ4n) is 4.28. The highest BCUT2D eigenvalue weighted by Gasteiger charge is 2.46. The summed E-state index contributed by atoms with van der Waals surface area (Å²) < 4.78 is 0. The zero-order chi connectivity index (χ0) is 12.0. The van der Waals surface area contributed by atoms with Gasteiger partial charge in [-0.25, -0.2) is 0 Å². The van der Waals surface area contributed by atoms with Crippen LogP contribution in [0.2, 0.25) is 0 Å². The van der Waals surface area contributed by atoms with Crippen molar-refractivity contribution in [3.8, 4) is 0 Å². The summed E-state index contributed by atoms with van der Waals surface area (Å²) >= 11 is 6.03. The quantitative estimate of drug-likeness (QED) is 0.695. The van der Waals surface area contributed by atoms with Crippen LogP contribution in [-0.2, 0) is 4.79 Å². The van der Waals surface area contributed by atoms with Crippen LogP contribution in [0, 0.1) is 23.7 Å². The van der Waals surface area contributed by atoms with Crippen LogP contribution in [0.15, 0.2) is 0 Å². The third kappa shape index (κ3) is 1.89. The molecule has 3 fully saturated rings. The van der Waals surface area contributed by atoms with E-state index in [9.17, 15) is 4.79 Å². The Hall–Kier alpha value is -0.240. The summed E-state index contributed by atoms with van der Waals surface area (Å²) in [4.78, 5) is 14.7. The molecule has 0 aromatic carbocycles. The van der Waals surface area contributed by atoms with Crippen LogP contribution in [-0.4, -0.2) is 29.3 Å². The molecule has 96 valence electrons. The first-order valence-corrected chi connectivity index (χ1v) is 7.60. The van der Waals surface area contributed by atoms with E-state index in [1.807, 2.05) is 0 Å². The maximum absolute atomic E-state index is 12.6. The maximum atomic E-state index is 12.6. The zero-order valence-corrected chi connectivity index (χ0v) is 11.3. The van der Waals surface area contributed by atoms with Gasteiger partial charge in [-0.1, -0.05) is 13.3 Å². The number of amides is 1. The van der Waals surface area contributed by atoms with Gasteiger partial charge in [-0.15, -0.1) is 11.6 Å². The van der Waals surface area contributed by atoms with Crippen LogP contribution in [0.1, 0.15) is 39.0 Å². The molecule has 3 rings (SSSR count). The molecule has 1 saturated heterocycles. The van der Waals surface area contributed by atoms with Gasteiger partial charge < -0.3 is 4.90 Å². The number of nitrogens with zero attached hydrogens (tertiary/aromatic N) is 1. The molecular formula is C14H22ClNO. The molecule has 5 atom stereocenters. The average Bonchev–Trinajstić information content (AvgIpc) is 3.01. The van der Waals surface area contributed by atoms with Crippen LogP contribution < -0.4 is 0 Å². The molecule has 1 heterocycles. The molecule has 5 unspecified atom stereocenters. The van der Waals surface area contributed by atoms with Crippen LogP contribution in [0.3, 0.4) is 0 Å². The summed E-state index contributed by atoms with van der Waals surface area (Å²) in [6, 6.07) is 0.295. The van der Waals surface area contributed by atoms with E-state index >= 15 is 0 Å². The summed E-state index contributed by atoms with van der Waals surface area (Å²) in [7, 11) is 0. The highest BCUT2D eigenvalue weighted by Crippen LogP contribution is 2.49. The number of rotatable bonds is 2. The normalized spacial score (nSPS) is 44.6. The van der Waals surface area contributed by atoms with Crippen molar-refractivity contribution in [2.75, 3.05) is 12.4 Å². The van der Waals surface area contributed by atoms with Crippen molar-refractivity contribution >= 4 is 17.5 Å². The molecule has 2 bridgehead atoms. The molecule has 0 radical (unpaired) electrons. The van der Waals surface area contributed by atoms with E-state index in [1.54, 1.807) is 0 Å². The fourth-order valence-corrected chi connectivity index (χ4v) is 4.75. The lowest BCUT2D eigenvalue weighted by molar-refractivity contribution is -0.138. The van der Waals surface area contributed by atoms with E-state index in [4.69, 9.17) is 11.6 Å².